The molecule has 0 heterocycles. The molecule has 0 saturated carbocycles. The second-order valence-electron chi connectivity index (χ2n) is 4.77. The van der Waals surface area contributed by atoms with Gasteiger partial charge in [0.2, 0.25) is 10.0 Å². The van der Waals surface area contributed by atoms with Gasteiger partial charge in [0.05, 0.1) is 5.75 Å². The average Bonchev–Trinajstić information content (AvgIpc) is 2.43. The Morgan fingerprint density at radius 2 is 1.52 bits per heavy atom. The van der Waals surface area contributed by atoms with Crippen LogP contribution in [-0.4, -0.2) is 19.8 Å². The molecule has 2 rings (SSSR count). The second-order valence-corrected chi connectivity index (χ2v) is 7.28. The molecule has 0 saturated heterocycles. The minimum atomic E-state index is -3.46. The van der Waals surface area contributed by atoms with E-state index >= 15 is 0 Å². The predicted molar refractivity (Wildman–Crippen MR) is 81.9 cm³/mol. The Morgan fingerprint density at radius 3 is 2.10 bits per heavy atom. The molecule has 0 radical (unpaired) electrons. The van der Waals surface area contributed by atoms with Gasteiger partial charge in [0.25, 0.3) is 0 Å². The molecule has 0 bridgehead atoms. The van der Waals surface area contributed by atoms with Gasteiger partial charge in [-0.3, -0.25) is 0 Å². The quantitative estimate of drug-likeness (QED) is 0.843. The highest BCUT2D eigenvalue weighted by atomic mass is 35.5. The molecule has 21 heavy (non-hydrogen) atoms. The SMILES string of the molecule is CN(Cc1ccc(Cl)cc1)S(=O)(=O)Cc1ccc(F)cc1. The topological polar surface area (TPSA) is 37.4 Å². The number of sulfonamides is 1. The highest BCUT2D eigenvalue weighted by molar-refractivity contribution is 7.88. The third-order valence-corrected chi connectivity index (χ3v) is 5.08. The van der Waals surface area contributed by atoms with E-state index in [0.29, 0.717) is 10.6 Å². The summed E-state index contributed by atoms with van der Waals surface area (Å²) in [5.41, 5.74) is 1.41. The van der Waals surface area contributed by atoms with Gasteiger partial charge in [0, 0.05) is 18.6 Å². The first-order chi connectivity index (χ1) is 9.87. The Hall–Kier alpha value is -1.43. The lowest BCUT2D eigenvalue weighted by molar-refractivity contribution is 0.466. The molecule has 0 aliphatic carbocycles. The van der Waals surface area contributed by atoms with E-state index in [2.05, 4.69) is 0 Å². The second kappa shape index (κ2) is 6.56. The third kappa shape index (κ3) is 4.52. The van der Waals surface area contributed by atoms with E-state index in [9.17, 15) is 12.8 Å². The maximum Gasteiger partial charge on any atom is 0.218 e. The zero-order chi connectivity index (χ0) is 15.5. The Kier molecular flexibility index (Phi) is 4.98. The smallest absolute Gasteiger partial charge is 0.212 e. The molecular formula is C15H15ClFNO2S. The van der Waals surface area contributed by atoms with Crippen LogP contribution >= 0.6 is 11.6 Å². The predicted octanol–water partition coefficient (Wildman–Crippen LogP) is 3.44. The summed E-state index contributed by atoms with van der Waals surface area (Å²) in [6, 6.07) is 12.5. The van der Waals surface area contributed by atoms with Gasteiger partial charge in [-0.1, -0.05) is 35.9 Å². The fourth-order valence-electron chi connectivity index (χ4n) is 1.85. The van der Waals surface area contributed by atoms with Crippen molar-refractivity contribution < 1.29 is 12.8 Å². The number of halogens is 2. The lowest BCUT2D eigenvalue weighted by Crippen LogP contribution is -2.27. The highest BCUT2D eigenvalue weighted by Crippen LogP contribution is 2.15. The lowest BCUT2D eigenvalue weighted by atomic mass is 10.2. The molecule has 0 amide bonds. The molecule has 0 aliphatic heterocycles. The molecule has 0 aliphatic rings. The van der Waals surface area contributed by atoms with Crippen LogP contribution in [0, 0.1) is 5.82 Å². The van der Waals surface area contributed by atoms with E-state index < -0.39 is 10.0 Å². The number of hydrogen-bond acceptors (Lipinski definition) is 2. The van der Waals surface area contributed by atoms with Gasteiger partial charge < -0.3 is 0 Å². The molecule has 0 atom stereocenters. The molecule has 2 aromatic carbocycles. The first kappa shape index (κ1) is 15.9. The molecule has 2 aromatic rings. The van der Waals surface area contributed by atoms with E-state index in [1.54, 1.807) is 24.3 Å². The van der Waals surface area contributed by atoms with Crippen LogP contribution in [0.5, 0.6) is 0 Å². The van der Waals surface area contributed by atoms with Gasteiger partial charge in [-0.05, 0) is 35.4 Å². The van der Waals surface area contributed by atoms with Crippen molar-refractivity contribution in [1.82, 2.24) is 4.31 Å². The van der Waals surface area contributed by atoms with Crippen molar-refractivity contribution in [1.29, 1.82) is 0 Å². The van der Waals surface area contributed by atoms with E-state index in [-0.39, 0.29) is 18.1 Å². The van der Waals surface area contributed by atoms with Crippen LogP contribution in [0.3, 0.4) is 0 Å². The summed E-state index contributed by atoms with van der Waals surface area (Å²) in [5.74, 6) is -0.539. The minimum Gasteiger partial charge on any atom is -0.212 e. The molecule has 0 fully saturated rings. The van der Waals surface area contributed by atoms with Crippen LogP contribution in [0.4, 0.5) is 4.39 Å². The molecule has 0 aromatic heterocycles. The average molecular weight is 328 g/mol. The fourth-order valence-corrected chi connectivity index (χ4v) is 3.15. The van der Waals surface area contributed by atoms with Crippen LogP contribution in [0.25, 0.3) is 0 Å². The Labute approximate surface area is 129 Å². The standard InChI is InChI=1S/C15H15ClFNO2S/c1-18(10-12-2-6-14(16)7-3-12)21(19,20)11-13-4-8-15(17)9-5-13/h2-9H,10-11H2,1H3. The first-order valence-electron chi connectivity index (χ1n) is 6.30. The van der Waals surface area contributed by atoms with Crippen LogP contribution in [0.1, 0.15) is 11.1 Å². The van der Waals surface area contributed by atoms with Crippen LogP contribution in [0.2, 0.25) is 5.02 Å². The van der Waals surface area contributed by atoms with Gasteiger partial charge in [0.15, 0.2) is 0 Å². The summed E-state index contributed by atoms with van der Waals surface area (Å²) in [4.78, 5) is 0. The Bertz CT molecular complexity index is 699. The normalized spacial score (nSPS) is 11.8. The summed E-state index contributed by atoms with van der Waals surface area (Å²) < 4.78 is 38.6. The highest BCUT2D eigenvalue weighted by Gasteiger charge is 2.18. The van der Waals surface area contributed by atoms with E-state index in [1.807, 2.05) is 0 Å². The summed E-state index contributed by atoms with van der Waals surface area (Å²) >= 11 is 5.80. The van der Waals surface area contributed by atoms with Gasteiger partial charge in [-0.25, -0.2) is 17.1 Å². The van der Waals surface area contributed by atoms with Crippen molar-refractivity contribution in [2.75, 3.05) is 7.05 Å². The largest absolute Gasteiger partial charge is 0.218 e. The van der Waals surface area contributed by atoms with E-state index in [1.165, 1.54) is 35.6 Å². The fraction of sp³-hybridized carbons (Fsp3) is 0.200. The number of nitrogens with zero attached hydrogens (tertiary/aromatic N) is 1. The van der Waals surface area contributed by atoms with Gasteiger partial charge in [-0.15, -0.1) is 0 Å². The van der Waals surface area contributed by atoms with Crippen molar-refractivity contribution in [3.05, 3.63) is 70.5 Å². The molecule has 3 nitrogen and oxygen atoms in total. The van der Waals surface area contributed by atoms with Gasteiger partial charge >= 0.3 is 0 Å². The van der Waals surface area contributed by atoms with E-state index in [4.69, 9.17) is 11.6 Å². The first-order valence-corrected chi connectivity index (χ1v) is 8.28. The summed E-state index contributed by atoms with van der Waals surface area (Å²) in [5, 5.41) is 0.607. The maximum atomic E-state index is 12.8. The molecule has 0 unspecified atom stereocenters. The van der Waals surface area contributed by atoms with Crippen molar-refractivity contribution in [3.8, 4) is 0 Å². The van der Waals surface area contributed by atoms with Crippen molar-refractivity contribution in [3.63, 3.8) is 0 Å². The summed E-state index contributed by atoms with van der Waals surface area (Å²) in [7, 11) is -1.94. The minimum absolute atomic E-state index is 0.155. The number of benzene rings is 2. The van der Waals surface area contributed by atoms with Crippen molar-refractivity contribution in [2.45, 2.75) is 12.3 Å². The van der Waals surface area contributed by atoms with Crippen LogP contribution < -0.4 is 0 Å². The Balaban J connectivity index is 2.07. The molecule has 0 spiro atoms. The van der Waals surface area contributed by atoms with Gasteiger partial charge in [0.1, 0.15) is 5.82 Å². The number of rotatable bonds is 5. The lowest BCUT2D eigenvalue weighted by Gasteiger charge is -2.17. The number of hydrogen-bond donors (Lipinski definition) is 0. The summed E-state index contributed by atoms with van der Waals surface area (Å²) in [6.45, 7) is 0.265. The van der Waals surface area contributed by atoms with Crippen LogP contribution in [0.15, 0.2) is 48.5 Å². The van der Waals surface area contributed by atoms with Crippen molar-refractivity contribution >= 4 is 21.6 Å². The zero-order valence-electron chi connectivity index (χ0n) is 11.5. The molecule has 6 heteroatoms. The molecule has 0 N–H and O–H groups in total. The van der Waals surface area contributed by atoms with Crippen LogP contribution in [-0.2, 0) is 22.3 Å². The van der Waals surface area contributed by atoms with E-state index in [0.717, 1.165) is 5.56 Å². The maximum absolute atomic E-state index is 12.8. The van der Waals surface area contributed by atoms with Gasteiger partial charge in [-0.2, -0.15) is 0 Å². The Morgan fingerprint density at radius 1 is 1.00 bits per heavy atom. The van der Waals surface area contributed by atoms with Crippen molar-refractivity contribution in [2.24, 2.45) is 0 Å². The summed E-state index contributed by atoms with van der Waals surface area (Å²) in [6.07, 6.45) is 0. The molecule has 112 valence electrons. The zero-order valence-corrected chi connectivity index (χ0v) is 13.0. The third-order valence-electron chi connectivity index (χ3n) is 3.06. The molecular weight excluding hydrogens is 313 g/mol. The monoisotopic (exact) mass is 327 g/mol.